The van der Waals surface area contributed by atoms with Gasteiger partial charge in [-0.25, -0.2) is 0 Å². The Morgan fingerprint density at radius 1 is 1.16 bits per heavy atom. The molecule has 19 heavy (non-hydrogen) atoms. The van der Waals surface area contributed by atoms with Crippen molar-refractivity contribution < 1.29 is 9.47 Å². The lowest BCUT2D eigenvalue weighted by molar-refractivity contribution is 0.0169. The van der Waals surface area contributed by atoms with Crippen LogP contribution >= 0.6 is 11.6 Å². The van der Waals surface area contributed by atoms with Gasteiger partial charge >= 0.3 is 0 Å². The third kappa shape index (κ3) is 2.70. The quantitative estimate of drug-likeness (QED) is 0.761. The number of alkyl halides is 1. The van der Waals surface area contributed by atoms with Crippen molar-refractivity contribution in [2.75, 3.05) is 13.7 Å². The molecule has 2 nitrogen and oxygen atoms in total. The van der Waals surface area contributed by atoms with Crippen LogP contribution in [-0.2, 0) is 4.74 Å². The molecule has 100 valence electrons. The molecule has 3 rings (SSSR count). The Morgan fingerprint density at radius 3 is 2.74 bits per heavy atom. The predicted molar refractivity (Wildman–Crippen MR) is 78.1 cm³/mol. The zero-order valence-electron chi connectivity index (χ0n) is 10.9. The fraction of sp³-hybridized carbons (Fsp3) is 0.375. The molecule has 3 heteroatoms. The maximum absolute atomic E-state index is 6.22. The van der Waals surface area contributed by atoms with Gasteiger partial charge in [0.25, 0.3) is 0 Å². The van der Waals surface area contributed by atoms with Crippen LogP contribution in [0.25, 0.3) is 10.8 Å². The number of methoxy groups -OCH3 is 1. The second-order valence-electron chi connectivity index (χ2n) is 4.95. The van der Waals surface area contributed by atoms with Crippen LogP contribution in [0.3, 0.4) is 0 Å². The van der Waals surface area contributed by atoms with Gasteiger partial charge in [0.1, 0.15) is 5.75 Å². The SMILES string of the molecule is COc1ccc2cc([C@@H]3C[C@H](Cl)CCO3)ccc2c1. The minimum atomic E-state index is 0.128. The first-order valence-corrected chi connectivity index (χ1v) is 7.03. The minimum Gasteiger partial charge on any atom is -0.497 e. The Bertz CT molecular complexity index is 582. The fourth-order valence-electron chi connectivity index (χ4n) is 2.56. The van der Waals surface area contributed by atoms with Crippen molar-refractivity contribution in [2.24, 2.45) is 0 Å². The van der Waals surface area contributed by atoms with E-state index in [1.807, 2.05) is 12.1 Å². The number of hydrogen-bond donors (Lipinski definition) is 0. The molecule has 0 bridgehead atoms. The molecule has 1 aliphatic heterocycles. The molecule has 1 fully saturated rings. The van der Waals surface area contributed by atoms with E-state index in [1.54, 1.807) is 7.11 Å². The molecule has 0 saturated carbocycles. The molecule has 2 aromatic carbocycles. The highest BCUT2D eigenvalue weighted by molar-refractivity contribution is 6.20. The van der Waals surface area contributed by atoms with Gasteiger partial charge < -0.3 is 9.47 Å². The molecule has 0 radical (unpaired) electrons. The van der Waals surface area contributed by atoms with E-state index in [4.69, 9.17) is 21.1 Å². The van der Waals surface area contributed by atoms with Crippen LogP contribution in [0.15, 0.2) is 36.4 Å². The highest BCUT2D eigenvalue weighted by Crippen LogP contribution is 2.32. The summed E-state index contributed by atoms with van der Waals surface area (Å²) in [5.41, 5.74) is 1.21. The van der Waals surface area contributed by atoms with Gasteiger partial charge in [0.05, 0.1) is 13.2 Å². The van der Waals surface area contributed by atoms with Crippen molar-refractivity contribution in [1.29, 1.82) is 0 Å². The molecular weight excluding hydrogens is 260 g/mol. The lowest BCUT2D eigenvalue weighted by atomic mass is 9.98. The Kier molecular flexibility index (Phi) is 3.63. The average molecular weight is 277 g/mol. The highest BCUT2D eigenvalue weighted by atomic mass is 35.5. The number of fused-ring (bicyclic) bond motifs is 1. The van der Waals surface area contributed by atoms with E-state index in [0.29, 0.717) is 0 Å². The van der Waals surface area contributed by atoms with Crippen molar-refractivity contribution in [3.8, 4) is 5.75 Å². The Hall–Kier alpha value is -1.25. The zero-order chi connectivity index (χ0) is 13.2. The van der Waals surface area contributed by atoms with Gasteiger partial charge in [-0.15, -0.1) is 11.6 Å². The molecule has 1 aliphatic rings. The standard InChI is InChI=1S/C16H17ClO2/c1-18-15-5-4-11-8-13(3-2-12(11)9-15)16-10-14(17)6-7-19-16/h2-5,8-9,14,16H,6-7,10H2,1H3/t14-,16+/m1/s1. The van der Waals surface area contributed by atoms with E-state index < -0.39 is 0 Å². The Balaban J connectivity index is 1.93. The summed E-state index contributed by atoms with van der Waals surface area (Å²) in [7, 11) is 1.69. The summed E-state index contributed by atoms with van der Waals surface area (Å²) in [6, 6.07) is 12.5. The predicted octanol–water partition coefficient (Wildman–Crippen LogP) is 4.31. The number of benzene rings is 2. The first-order chi connectivity index (χ1) is 9.26. The largest absolute Gasteiger partial charge is 0.497 e. The van der Waals surface area contributed by atoms with Gasteiger partial charge in [0.15, 0.2) is 0 Å². The lowest BCUT2D eigenvalue weighted by Crippen LogP contribution is -2.19. The molecular formula is C16H17ClO2. The Morgan fingerprint density at radius 2 is 1.95 bits per heavy atom. The van der Waals surface area contributed by atoms with Crippen LogP contribution in [0.4, 0.5) is 0 Å². The van der Waals surface area contributed by atoms with Crippen LogP contribution in [-0.4, -0.2) is 19.1 Å². The monoisotopic (exact) mass is 276 g/mol. The third-order valence-corrected chi connectivity index (χ3v) is 4.06. The van der Waals surface area contributed by atoms with E-state index in [0.717, 1.165) is 25.2 Å². The van der Waals surface area contributed by atoms with Gasteiger partial charge in [-0.05, 0) is 47.4 Å². The summed E-state index contributed by atoms with van der Waals surface area (Å²) in [5.74, 6) is 0.884. The van der Waals surface area contributed by atoms with Crippen LogP contribution in [0.5, 0.6) is 5.75 Å². The van der Waals surface area contributed by atoms with Gasteiger partial charge in [-0.1, -0.05) is 18.2 Å². The van der Waals surface area contributed by atoms with Gasteiger partial charge in [-0.3, -0.25) is 0 Å². The first kappa shape index (κ1) is 12.8. The normalized spacial score (nSPS) is 23.5. The van der Waals surface area contributed by atoms with E-state index in [9.17, 15) is 0 Å². The van der Waals surface area contributed by atoms with Gasteiger partial charge in [0, 0.05) is 12.0 Å². The molecule has 0 N–H and O–H groups in total. The van der Waals surface area contributed by atoms with E-state index in [2.05, 4.69) is 24.3 Å². The summed E-state index contributed by atoms with van der Waals surface area (Å²) in [4.78, 5) is 0. The molecule has 2 aromatic rings. The zero-order valence-corrected chi connectivity index (χ0v) is 11.7. The number of ether oxygens (including phenoxy) is 2. The van der Waals surface area contributed by atoms with Crippen molar-refractivity contribution in [1.82, 2.24) is 0 Å². The molecule has 0 aliphatic carbocycles. The second-order valence-corrected chi connectivity index (χ2v) is 5.57. The third-order valence-electron chi connectivity index (χ3n) is 3.66. The van der Waals surface area contributed by atoms with Gasteiger partial charge in [0.2, 0.25) is 0 Å². The smallest absolute Gasteiger partial charge is 0.119 e. The first-order valence-electron chi connectivity index (χ1n) is 6.59. The van der Waals surface area contributed by atoms with Crippen molar-refractivity contribution in [3.05, 3.63) is 42.0 Å². The van der Waals surface area contributed by atoms with E-state index in [1.165, 1.54) is 16.3 Å². The Labute approximate surface area is 118 Å². The molecule has 0 spiro atoms. The molecule has 1 saturated heterocycles. The summed E-state index contributed by atoms with van der Waals surface area (Å²) in [6.07, 6.45) is 1.97. The fourth-order valence-corrected chi connectivity index (χ4v) is 2.81. The number of halogens is 1. The van der Waals surface area contributed by atoms with Crippen molar-refractivity contribution in [3.63, 3.8) is 0 Å². The topological polar surface area (TPSA) is 18.5 Å². The highest BCUT2D eigenvalue weighted by Gasteiger charge is 2.22. The summed E-state index contributed by atoms with van der Waals surface area (Å²) < 4.78 is 11.1. The minimum absolute atomic E-state index is 0.128. The van der Waals surface area contributed by atoms with Gasteiger partial charge in [-0.2, -0.15) is 0 Å². The van der Waals surface area contributed by atoms with Crippen molar-refractivity contribution in [2.45, 2.75) is 24.3 Å². The second kappa shape index (κ2) is 5.40. The maximum atomic E-state index is 6.22. The molecule has 2 atom stereocenters. The van der Waals surface area contributed by atoms with Crippen molar-refractivity contribution >= 4 is 22.4 Å². The van der Waals surface area contributed by atoms with Crippen LogP contribution in [0.2, 0.25) is 0 Å². The summed E-state index contributed by atoms with van der Waals surface area (Å²) in [5, 5.41) is 2.62. The van der Waals surface area contributed by atoms with Crippen LogP contribution in [0, 0.1) is 0 Å². The van der Waals surface area contributed by atoms with E-state index in [-0.39, 0.29) is 11.5 Å². The van der Waals surface area contributed by atoms with Crippen LogP contribution < -0.4 is 4.74 Å². The average Bonchev–Trinajstić information content (AvgIpc) is 2.46. The molecule has 1 heterocycles. The van der Waals surface area contributed by atoms with E-state index >= 15 is 0 Å². The number of hydrogen-bond acceptors (Lipinski definition) is 2. The summed E-state index contributed by atoms with van der Waals surface area (Å²) in [6.45, 7) is 0.749. The number of rotatable bonds is 2. The summed E-state index contributed by atoms with van der Waals surface area (Å²) >= 11 is 6.22. The molecule has 0 unspecified atom stereocenters. The molecule has 0 aromatic heterocycles. The molecule has 0 amide bonds. The van der Waals surface area contributed by atoms with Crippen LogP contribution in [0.1, 0.15) is 24.5 Å². The maximum Gasteiger partial charge on any atom is 0.119 e. The lowest BCUT2D eigenvalue weighted by Gasteiger charge is -2.26.